The van der Waals surface area contributed by atoms with Gasteiger partial charge in [0.2, 0.25) is 0 Å². The molecule has 0 aromatic rings. The summed E-state index contributed by atoms with van der Waals surface area (Å²) in [4.78, 5) is 5.43. The number of likely N-dealkylation sites (tertiary alicyclic amines) is 1. The number of hydrogen-bond donors (Lipinski definition) is 0. The first-order chi connectivity index (χ1) is 7.93. The van der Waals surface area contributed by atoms with E-state index in [-0.39, 0.29) is 0 Å². The lowest BCUT2D eigenvalue weighted by molar-refractivity contribution is 0.153. The maximum atomic E-state index is 2.76. The van der Waals surface area contributed by atoms with E-state index in [0.717, 1.165) is 12.1 Å². The largest absolute Gasteiger partial charge is 0.302 e. The molecule has 2 saturated heterocycles. The smallest absolute Gasteiger partial charge is 0.0282 e. The lowest BCUT2D eigenvalue weighted by atomic mass is 10.1. The fraction of sp³-hybridized carbons (Fsp3) is 0.857. The van der Waals surface area contributed by atoms with Crippen LogP contribution in [0.15, 0.2) is 12.2 Å². The summed E-state index contributed by atoms with van der Waals surface area (Å²) < 4.78 is 0. The van der Waals surface area contributed by atoms with Crippen molar-refractivity contribution < 1.29 is 0 Å². The van der Waals surface area contributed by atoms with Crippen molar-refractivity contribution in [2.75, 3.05) is 26.2 Å². The third-order valence-electron chi connectivity index (χ3n) is 4.58. The highest BCUT2D eigenvalue weighted by Crippen LogP contribution is 2.31. The van der Waals surface area contributed by atoms with Crippen molar-refractivity contribution in [1.82, 2.24) is 9.80 Å². The third kappa shape index (κ3) is 2.18. The van der Waals surface area contributed by atoms with Crippen molar-refractivity contribution in [3.63, 3.8) is 0 Å². The van der Waals surface area contributed by atoms with Gasteiger partial charge in [-0.25, -0.2) is 0 Å². The second kappa shape index (κ2) is 4.89. The number of rotatable bonds is 3. The summed E-state index contributed by atoms with van der Waals surface area (Å²) in [5.74, 6) is 0. The summed E-state index contributed by atoms with van der Waals surface area (Å²) in [5, 5.41) is 0. The molecule has 0 N–H and O–H groups in total. The molecular formula is C14H24N2. The van der Waals surface area contributed by atoms with E-state index in [1.807, 2.05) is 0 Å². The summed E-state index contributed by atoms with van der Waals surface area (Å²) >= 11 is 0. The van der Waals surface area contributed by atoms with Crippen LogP contribution in [0.4, 0.5) is 0 Å². The highest BCUT2D eigenvalue weighted by atomic mass is 15.2. The van der Waals surface area contributed by atoms with E-state index in [9.17, 15) is 0 Å². The predicted molar refractivity (Wildman–Crippen MR) is 67.6 cm³/mol. The van der Waals surface area contributed by atoms with Gasteiger partial charge in [-0.3, -0.25) is 4.90 Å². The molecule has 0 aromatic heterocycles. The zero-order valence-electron chi connectivity index (χ0n) is 10.3. The van der Waals surface area contributed by atoms with Crippen molar-refractivity contribution in [2.45, 2.75) is 50.6 Å². The molecule has 16 heavy (non-hydrogen) atoms. The van der Waals surface area contributed by atoms with Gasteiger partial charge in [0.15, 0.2) is 0 Å². The third-order valence-corrected chi connectivity index (χ3v) is 4.58. The first-order valence-electron chi connectivity index (χ1n) is 7.08. The highest BCUT2D eigenvalue weighted by molar-refractivity contribution is 5.08. The fourth-order valence-corrected chi connectivity index (χ4v) is 3.61. The molecule has 2 bridgehead atoms. The van der Waals surface area contributed by atoms with E-state index in [0.29, 0.717) is 0 Å². The van der Waals surface area contributed by atoms with E-state index in [4.69, 9.17) is 0 Å². The molecule has 2 unspecified atom stereocenters. The second-order valence-electron chi connectivity index (χ2n) is 5.60. The Morgan fingerprint density at radius 1 is 1.00 bits per heavy atom. The predicted octanol–water partition coefficient (Wildman–Crippen LogP) is 2.27. The van der Waals surface area contributed by atoms with Crippen LogP contribution in [0.5, 0.6) is 0 Å². The standard InChI is InChI=1S/C14H24N2/c1-2-9-15(10-3-1)11-12-16-13-5-4-6-14(16)8-7-13/h4-5,13-14H,1-3,6-12H2. The second-order valence-corrected chi connectivity index (χ2v) is 5.60. The number of piperidine rings is 1. The van der Waals surface area contributed by atoms with Crippen LogP contribution in [-0.2, 0) is 0 Å². The molecule has 0 radical (unpaired) electrons. The average Bonchev–Trinajstić information content (AvgIpc) is 2.57. The van der Waals surface area contributed by atoms with Crippen LogP contribution in [0, 0.1) is 0 Å². The normalized spacial score (nSPS) is 35.8. The summed E-state index contributed by atoms with van der Waals surface area (Å²) in [7, 11) is 0. The van der Waals surface area contributed by atoms with E-state index < -0.39 is 0 Å². The summed E-state index contributed by atoms with van der Waals surface area (Å²) in [6.07, 6.45) is 13.3. The van der Waals surface area contributed by atoms with E-state index in [1.54, 1.807) is 0 Å². The zero-order valence-corrected chi connectivity index (χ0v) is 10.3. The Kier molecular flexibility index (Phi) is 3.30. The zero-order chi connectivity index (χ0) is 10.8. The monoisotopic (exact) mass is 220 g/mol. The maximum absolute atomic E-state index is 2.76. The van der Waals surface area contributed by atoms with E-state index >= 15 is 0 Å². The van der Waals surface area contributed by atoms with E-state index in [1.165, 1.54) is 64.7 Å². The Hall–Kier alpha value is -0.340. The topological polar surface area (TPSA) is 6.48 Å². The summed E-state index contributed by atoms with van der Waals surface area (Å²) in [6.45, 7) is 5.30. The molecule has 3 heterocycles. The fourth-order valence-electron chi connectivity index (χ4n) is 3.61. The Balaban J connectivity index is 1.49. The Bertz CT molecular complexity index is 255. The van der Waals surface area contributed by atoms with Crippen LogP contribution in [0.3, 0.4) is 0 Å². The van der Waals surface area contributed by atoms with Crippen molar-refractivity contribution in [3.05, 3.63) is 12.2 Å². The molecule has 0 aromatic carbocycles. The van der Waals surface area contributed by atoms with Crippen molar-refractivity contribution >= 4 is 0 Å². The summed E-state index contributed by atoms with van der Waals surface area (Å²) in [6, 6.07) is 1.66. The Labute approximate surface area is 99.3 Å². The van der Waals surface area contributed by atoms with Crippen LogP contribution in [0.1, 0.15) is 38.5 Å². The van der Waals surface area contributed by atoms with Gasteiger partial charge in [0.05, 0.1) is 0 Å². The Morgan fingerprint density at radius 2 is 1.88 bits per heavy atom. The van der Waals surface area contributed by atoms with Crippen molar-refractivity contribution in [3.8, 4) is 0 Å². The number of nitrogens with zero attached hydrogens (tertiary/aromatic N) is 2. The SMILES string of the molecule is C1=CC2CCC(C1)N2CCN1CCCCC1. The lowest BCUT2D eigenvalue weighted by Gasteiger charge is -2.34. The molecule has 0 amide bonds. The number of fused-ring (bicyclic) bond motifs is 2. The molecular weight excluding hydrogens is 196 g/mol. The first kappa shape index (κ1) is 10.8. The van der Waals surface area contributed by atoms with Gasteiger partial charge in [-0.15, -0.1) is 0 Å². The quantitative estimate of drug-likeness (QED) is 0.673. The van der Waals surface area contributed by atoms with Gasteiger partial charge >= 0.3 is 0 Å². The molecule has 3 aliphatic heterocycles. The van der Waals surface area contributed by atoms with Gasteiger partial charge in [-0.1, -0.05) is 18.6 Å². The van der Waals surface area contributed by atoms with Crippen LogP contribution < -0.4 is 0 Å². The van der Waals surface area contributed by atoms with Crippen molar-refractivity contribution in [2.24, 2.45) is 0 Å². The number of hydrogen-bond acceptors (Lipinski definition) is 2. The molecule has 90 valence electrons. The average molecular weight is 220 g/mol. The van der Waals surface area contributed by atoms with Gasteiger partial charge in [0.1, 0.15) is 0 Å². The molecule has 0 saturated carbocycles. The van der Waals surface area contributed by atoms with Crippen molar-refractivity contribution in [1.29, 1.82) is 0 Å². The summed E-state index contributed by atoms with van der Waals surface area (Å²) in [5.41, 5.74) is 0. The molecule has 0 aliphatic carbocycles. The Morgan fingerprint density at radius 3 is 2.69 bits per heavy atom. The van der Waals surface area contributed by atoms with Gasteiger partial charge in [-0.2, -0.15) is 0 Å². The minimum Gasteiger partial charge on any atom is -0.302 e. The highest BCUT2D eigenvalue weighted by Gasteiger charge is 2.33. The lowest BCUT2D eigenvalue weighted by Crippen LogP contribution is -2.43. The van der Waals surface area contributed by atoms with Gasteiger partial charge in [-0.05, 0) is 45.2 Å². The van der Waals surface area contributed by atoms with Gasteiger partial charge < -0.3 is 4.90 Å². The molecule has 2 atom stereocenters. The minimum absolute atomic E-state index is 0.781. The first-order valence-corrected chi connectivity index (χ1v) is 7.08. The molecule has 2 fully saturated rings. The molecule has 3 rings (SSSR count). The molecule has 0 spiro atoms. The molecule has 2 heteroatoms. The van der Waals surface area contributed by atoms with Crippen LogP contribution >= 0.6 is 0 Å². The van der Waals surface area contributed by atoms with Crippen LogP contribution in [0.25, 0.3) is 0 Å². The maximum Gasteiger partial charge on any atom is 0.0282 e. The minimum atomic E-state index is 0.781. The molecule has 3 aliphatic rings. The molecule has 2 nitrogen and oxygen atoms in total. The van der Waals surface area contributed by atoms with Crippen LogP contribution in [-0.4, -0.2) is 48.1 Å². The van der Waals surface area contributed by atoms with E-state index in [2.05, 4.69) is 22.0 Å². The van der Waals surface area contributed by atoms with Gasteiger partial charge in [0, 0.05) is 25.2 Å². The van der Waals surface area contributed by atoms with Gasteiger partial charge in [0.25, 0.3) is 0 Å². The van der Waals surface area contributed by atoms with Crippen LogP contribution in [0.2, 0.25) is 0 Å².